The Bertz CT molecular complexity index is 799. The van der Waals surface area contributed by atoms with Gasteiger partial charge in [0.05, 0.1) is 19.4 Å². The molecule has 9 heteroatoms. The highest BCUT2D eigenvalue weighted by Gasteiger charge is 2.12. The molecule has 25 heavy (non-hydrogen) atoms. The monoisotopic (exact) mass is 360 g/mol. The predicted molar refractivity (Wildman–Crippen MR) is 92.3 cm³/mol. The topological polar surface area (TPSA) is 91.8 Å². The van der Waals surface area contributed by atoms with Crippen LogP contribution in [0.5, 0.6) is 5.75 Å². The van der Waals surface area contributed by atoms with Gasteiger partial charge in [-0.15, -0.1) is 5.10 Å². The molecule has 0 aliphatic rings. The minimum absolute atomic E-state index is 0.495. The number of hydrogen-bond donors (Lipinski definition) is 0. The summed E-state index contributed by atoms with van der Waals surface area (Å²) in [6.07, 6.45) is 0.809. The highest BCUT2D eigenvalue weighted by atomic mass is 32.2. The lowest BCUT2D eigenvalue weighted by molar-refractivity contribution is 0.382. The molecule has 2 aromatic heterocycles. The lowest BCUT2D eigenvalue weighted by atomic mass is 10.1. The van der Waals surface area contributed by atoms with E-state index in [-0.39, 0.29) is 0 Å². The molecule has 8 nitrogen and oxygen atoms in total. The average Bonchev–Trinajstić information content (AvgIpc) is 3.22. The zero-order chi connectivity index (χ0) is 17.6. The van der Waals surface area contributed by atoms with E-state index in [1.165, 1.54) is 11.8 Å². The Labute approximate surface area is 150 Å². The fourth-order valence-corrected chi connectivity index (χ4v) is 2.94. The molecule has 0 N–H and O–H groups in total. The summed E-state index contributed by atoms with van der Waals surface area (Å²) in [6.45, 7) is 4.83. The van der Waals surface area contributed by atoms with Crippen LogP contribution in [0.15, 0.2) is 33.9 Å². The number of ether oxygens (including phenoxy) is 1. The van der Waals surface area contributed by atoms with Crippen LogP contribution in [0.3, 0.4) is 0 Å². The molecular weight excluding hydrogens is 340 g/mol. The minimum Gasteiger partial charge on any atom is -0.497 e. The third kappa shape index (κ3) is 4.79. The van der Waals surface area contributed by atoms with Crippen LogP contribution in [0.1, 0.15) is 31.1 Å². The molecule has 0 fully saturated rings. The van der Waals surface area contributed by atoms with Crippen LogP contribution < -0.4 is 4.74 Å². The van der Waals surface area contributed by atoms with Crippen molar-refractivity contribution in [2.24, 2.45) is 5.92 Å². The van der Waals surface area contributed by atoms with E-state index in [0.29, 0.717) is 29.3 Å². The molecule has 0 spiro atoms. The van der Waals surface area contributed by atoms with Crippen molar-refractivity contribution >= 4 is 11.8 Å². The van der Waals surface area contributed by atoms with Crippen LogP contribution in [0.2, 0.25) is 0 Å². The van der Waals surface area contributed by atoms with Gasteiger partial charge in [0.15, 0.2) is 5.82 Å². The first kappa shape index (κ1) is 17.4. The lowest BCUT2D eigenvalue weighted by Crippen LogP contribution is -2.04. The SMILES string of the molecule is COc1ccc(Cn2nnnc2SCc2nc(CC(C)C)no2)cc1. The second-order valence-corrected chi connectivity index (χ2v) is 6.90. The van der Waals surface area contributed by atoms with E-state index < -0.39 is 0 Å². The summed E-state index contributed by atoms with van der Waals surface area (Å²) >= 11 is 1.47. The molecule has 0 aliphatic carbocycles. The standard InChI is InChI=1S/C16H20N6O2S/c1-11(2)8-14-17-15(24-19-14)10-25-16-18-20-21-22(16)9-12-4-6-13(23-3)7-5-12/h4-7,11H,8-10H2,1-3H3. The smallest absolute Gasteiger partial charge is 0.237 e. The molecule has 1 aromatic carbocycles. The van der Waals surface area contributed by atoms with Crippen molar-refractivity contribution in [1.29, 1.82) is 0 Å². The van der Waals surface area contributed by atoms with Crippen LogP contribution in [-0.4, -0.2) is 37.5 Å². The number of benzene rings is 1. The van der Waals surface area contributed by atoms with E-state index in [1.54, 1.807) is 11.8 Å². The van der Waals surface area contributed by atoms with Gasteiger partial charge in [-0.3, -0.25) is 0 Å². The molecule has 0 saturated heterocycles. The van der Waals surface area contributed by atoms with E-state index in [4.69, 9.17) is 9.26 Å². The van der Waals surface area contributed by atoms with Gasteiger partial charge in [0.2, 0.25) is 11.0 Å². The highest BCUT2D eigenvalue weighted by molar-refractivity contribution is 7.98. The molecule has 3 aromatic rings. The second-order valence-electron chi connectivity index (χ2n) is 5.96. The molecule has 0 amide bonds. The summed E-state index contributed by atoms with van der Waals surface area (Å²) in [5.41, 5.74) is 1.09. The molecule has 0 radical (unpaired) electrons. The van der Waals surface area contributed by atoms with E-state index in [0.717, 1.165) is 23.6 Å². The van der Waals surface area contributed by atoms with Crippen molar-refractivity contribution in [3.63, 3.8) is 0 Å². The zero-order valence-electron chi connectivity index (χ0n) is 14.4. The van der Waals surface area contributed by atoms with E-state index in [9.17, 15) is 0 Å². The van der Waals surface area contributed by atoms with E-state index in [2.05, 4.69) is 39.5 Å². The zero-order valence-corrected chi connectivity index (χ0v) is 15.2. The lowest BCUT2D eigenvalue weighted by Gasteiger charge is -2.05. The maximum atomic E-state index is 5.27. The Kier molecular flexibility index (Phi) is 5.64. The van der Waals surface area contributed by atoms with E-state index in [1.807, 2.05) is 24.3 Å². The van der Waals surface area contributed by atoms with Gasteiger partial charge in [-0.2, -0.15) is 4.98 Å². The third-order valence-corrected chi connectivity index (χ3v) is 4.36. The first-order valence-corrected chi connectivity index (χ1v) is 8.96. The van der Waals surface area contributed by atoms with Crippen molar-refractivity contribution in [3.05, 3.63) is 41.5 Å². The van der Waals surface area contributed by atoms with Crippen molar-refractivity contribution in [2.45, 2.75) is 37.7 Å². The second kappa shape index (κ2) is 8.11. The Morgan fingerprint density at radius 2 is 2.04 bits per heavy atom. The van der Waals surface area contributed by atoms with Gasteiger partial charge in [0.25, 0.3) is 0 Å². The maximum Gasteiger partial charge on any atom is 0.237 e. The third-order valence-electron chi connectivity index (χ3n) is 3.42. The first-order valence-electron chi connectivity index (χ1n) is 7.97. The molecule has 0 atom stereocenters. The minimum atomic E-state index is 0.495. The van der Waals surface area contributed by atoms with Crippen LogP contribution >= 0.6 is 11.8 Å². The predicted octanol–water partition coefficient (Wildman–Crippen LogP) is 2.60. The number of tetrazole rings is 1. The van der Waals surface area contributed by atoms with Crippen LogP contribution in [-0.2, 0) is 18.7 Å². The molecule has 3 rings (SSSR count). The summed E-state index contributed by atoms with van der Waals surface area (Å²) in [5, 5.41) is 16.6. The molecule has 0 saturated carbocycles. The highest BCUT2D eigenvalue weighted by Crippen LogP contribution is 2.20. The van der Waals surface area contributed by atoms with Gasteiger partial charge in [-0.25, -0.2) is 4.68 Å². The van der Waals surface area contributed by atoms with E-state index >= 15 is 0 Å². The first-order chi connectivity index (χ1) is 12.1. The van der Waals surface area contributed by atoms with Gasteiger partial charge < -0.3 is 9.26 Å². The molecule has 0 aliphatic heterocycles. The summed E-state index contributed by atoms with van der Waals surface area (Å²) in [6, 6.07) is 7.82. The Morgan fingerprint density at radius 1 is 1.24 bits per heavy atom. The van der Waals surface area contributed by atoms with Crippen LogP contribution in [0.25, 0.3) is 0 Å². The molecule has 0 unspecified atom stereocenters. The Balaban J connectivity index is 1.60. The van der Waals surface area contributed by atoms with Gasteiger partial charge in [0, 0.05) is 6.42 Å². The molecule has 0 bridgehead atoms. The van der Waals surface area contributed by atoms with Crippen molar-refractivity contribution in [3.8, 4) is 5.75 Å². The number of thioether (sulfide) groups is 1. The van der Waals surface area contributed by atoms with Crippen molar-refractivity contribution < 1.29 is 9.26 Å². The Morgan fingerprint density at radius 3 is 2.76 bits per heavy atom. The number of aromatic nitrogens is 6. The average molecular weight is 360 g/mol. The number of hydrogen-bond acceptors (Lipinski definition) is 8. The maximum absolute atomic E-state index is 5.27. The summed E-state index contributed by atoms with van der Waals surface area (Å²) in [4.78, 5) is 4.39. The van der Waals surface area contributed by atoms with Gasteiger partial charge in [0.1, 0.15) is 5.75 Å². The fourth-order valence-electron chi connectivity index (χ4n) is 2.23. The normalized spacial score (nSPS) is 11.2. The van der Waals surface area contributed by atoms with Gasteiger partial charge in [-0.05, 0) is 34.0 Å². The van der Waals surface area contributed by atoms with Crippen LogP contribution in [0, 0.1) is 5.92 Å². The number of nitrogens with zero attached hydrogens (tertiary/aromatic N) is 6. The van der Waals surface area contributed by atoms with Crippen molar-refractivity contribution in [1.82, 2.24) is 30.3 Å². The largest absolute Gasteiger partial charge is 0.497 e. The number of rotatable bonds is 8. The number of methoxy groups -OCH3 is 1. The van der Waals surface area contributed by atoms with Crippen LogP contribution in [0.4, 0.5) is 0 Å². The fraction of sp³-hybridized carbons (Fsp3) is 0.438. The summed E-state index contributed by atoms with van der Waals surface area (Å²) in [7, 11) is 1.65. The Hall–Kier alpha value is -2.42. The van der Waals surface area contributed by atoms with Crippen molar-refractivity contribution in [2.75, 3.05) is 7.11 Å². The quantitative estimate of drug-likeness (QED) is 0.566. The summed E-state index contributed by atoms with van der Waals surface area (Å²) in [5.74, 6) is 3.18. The summed E-state index contributed by atoms with van der Waals surface area (Å²) < 4.78 is 12.2. The molecule has 2 heterocycles. The van der Waals surface area contributed by atoms with Gasteiger partial charge >= 0.3 is 0 Å². The van der Waals surface area contributed by atoms with Gasteiger partial charge in [-0.1, -0.05) is 42.9 Å². The molecule has 132 valence electrons. The molecular formula is C16H20N6O2S.